The number of carbonyl (C=O) groups excluding carboxylic acids is 2. The van der Waals surface area contributed by atoms with Crippen LogP contribution >= 0.6 is 0 Å². The minimum atomic E-state index is -0.600. The molecule has 0 radical (unpaired) electrons. The van der Waals surface area contributed by atoms with Gasteiger partial charge < -0.3 is 15.2 Å². The highest BCUT2D eigenvalue weighted by atomic mass is 16.2. The van der Waals surface area contributed by atoms with Crippen molar-refractivity contribution in [3.8, 4) is 11.3 Å². The molecule has 2 amide bonds. The lowest BCUT2D eigenvalue weighted by molar-refractivity contribution is -0.128. The van der Waals surface area contributed by atoms with Crippen LogP contribution in [0.15, 0.2) is 72.8 Å². The number of aryl methyl sites for hydroxylation is 1. The second-order valence-electron chi connectivity index (χ2n) is 12.1. The average molecular weight is 564 g/mol. The van der Waals surface area contributed by atoms with Gasteiger partial charge in [0.25, 0.3) is 5.91 Å². The fraction of sp³-hybridized carbons (Fsp3) is 0.405. The number of carbonyl (C=O) groups is 2. The van der Waals surface area contributed by atoms with Crippen LogP contribution in [-0.2, 0) is 4.79 Å². The number of aromatic nitrogens is 1. The standard InChI is InChI=1S/C37H45N3O2/c1-6-8-9-10-15-26(5)38-36(41)34(25(4)7-2)40-35(28-16-11-12-17-29(28)37(40)42)32-30-18-13-14-19-31(30)39-33(32)27-22-20-24(3)21-23-27/h11-14,16-23,25-26,34-35,39H,6-10,15H2,1-5H3,(H,38,41). The molecule has 2 N–H and O–H groups in total. The van der Waals surface area contributed by atoms with Crippen LogP contribution in [0, 0.1) is 12.8 Å². The summed E-state index contributed by atoms with van der Waals surface area (Å²) < 4.78 is 0. The molecule has 4 unspecified atom stereocenters. The van der Waals surface area contributed by atoms with E-state index in [1.807, 2.05) is 35.2 Å². The first-order valence-corrected chi connectivity index (χ1v) is 15.7. The van der Waals surface area contributed by atoms with Crippen molar-refractivity contribution in [1.82, 2.24) is 15.2 Å². The fourth-order valence-electron chi connectivity index (χ4n) is 6.47. The molecule has 220 valence electrons. The summed E-state index contributed by atoms with van der Waals surface area (Å²) in [6, 6.07) is 23.7. The minimum absolute atomic E-state index is 0.0221. The van der Waals surface area contributed by atoms with E-state index >= 15 is 0 Å². The van der Waals surface area contributed by atoms with E-state index in [0.717, 1.165) is 52.5 Å². The number of H-pyrrole nitrogens is 1. The van der Waals surface area contributed by atoms with E-state index in [0.29, 0.717) is 5.56 Å². The second kappa shape index (κ2) is 13.0. The fourth-order valence-corrected chi connectivity index (χ4v) is 6.47. The topological polar surface area (TPSA) is 65.2 Å². The van der Waals surface area contributed by atoms with Crippen molar-refractivity contribution >= 4 is 22.7 Å². The van der Waals surface area contributed by atoms with Gasteiger partial charge in [-0.2, -0.15) is 0 Å². The summed E-state index contributed by atoms with van der Waals surface area (Å²) in [5.74, 6) is -0.159. The molecule has 0 bridgehead atoms. The maximum Gasteiger partial charge on any atom is 0.255 e. The first-order chi connectivity index (χ1) is 20.3. The van der Waals surface area contributed by atoms with E-state index in [9.17, 15) is 9.59 Å². The SMILES string of the molecule is CCCCCCC(C)NC(=O)C(C(C)CC)N1C(=O)c2ccccc2C1c1c(-c2ccc(C)cc2)[nH]c2ccccc12. The summed E-state index contributed by atoms with van der Waals surface area (Å²) in [6.07, 6.45) is 6.40. The minimum Gasteiger partial charge on any atom is -0.354 e. The van der Waals surface area contributed by atoms with Crippen LogP contribution in [0.5, 0.6) is 0 Å². The molecule has 0 saturated carbocycles. The maximum absolute atomic E-state index is 14.4. The van der Waals surface area contributed by atoms with Crippen LogP contribution in [0.3, 0.4) is 0 Å². The van der Waals surface area contributed by atoms with Gasteiger partial charge in [-0.1, -0.05) is 119 Å². The van der Waals surface area contributed by atoms with Crippen LogP contribution in [0.25, 0.3) is 22.2 Å². The summed E-state index contributed by atoms with van der Waals surface area (Å²) in [5.41, 5.74) is 6.94. The van der Waals surface area contributed by atoms with Gasteiger partial charge in [0.15, 0.2) is 0 Å². The highest BCUT2D eigenvalue weighted by molar-refractivity contribution is 6.04. The summed E-state index contributed by atoms with van der Waals surface area (Å²) in [5, 5.41) is 4.38. The Balaban J connectivity index is 1.63. The third kappa shape index (κ3) is 5.74. The van der Waals surface area contributed by atoms with Crippen molar-refractivity contribution in [1.29, 1.82) is 0 Å². The Hall–Kier alpha value is -3.86. The van der Waals surface area contributed by atoms with Gasteiger partial charge in [0.05, 0.1) is 11.7 Å². The number of unbranched alkanes of at least 4 members (excludes halogenated alkanes) is 3. The number of nitrogens with zero attached hydrogens (tertiary/aromatic N) is 1. The zero-order valence-corrected chi connectivity index (χ0v) is 25.7. The highest BCUT2D eigenvalue weighted by Gasteiger charge is 2.47. The van der Waals surface area contributed by atoms with Crippen LogP contribution in [0.1, 0.15) is 99.3 Å². The summed E-state index contributed by atoms with van der Waals surface area (Å²) >= 11 is 0. The van der Waals surface area contributed by atoms with Crippen LogP contribution < -0.4 is 5.32 Å². The van der Waals surface area contributed by atoms with E-state index in [2.05, 4.69) is 87.4 Å². The molecule has 0 saturated heterocycles. The Labute approximate surface area is 250 Å². The molecular weight excluding hydrogens is 518 g/mol. The van der Waals surface area contributed by atoms with Crippen LogP contribution in [0.4, 0.5) is 0 Å². The lowest BCUT2D eigenvalue weighted by Gasteiger charge is -2.37. The van der Waals surface area contributed by atoms with Gasteiger partial charge >= 0.3 is 0 Å². The Morgan fingerprint density at radius 1 is 0.929 bits per heavy atom. The molecule has 5 heteroatoms. The Morgan fingerprint density at radius 3 is 2.38 bits per heavy atom. The van der Waals surface area contributed by atoms with Gasteiger partial charge in [-0.3, -0.25) is 9.59 Å². The van der Waals surface area contributed by atoms with Crippen molar-refractivity contribution < 1.29 is 9.59 Å². The van der Waals surface area contributed by atoms with Gasteiger partial charge in [0.2, 0.25) is 5.91 Å². The number of hydrogen-bond donors (Lipinski definition) is 2. The molecule has 4 atom stereocenters. The Bertz CT molecular complexity index is 1540. The molecular formula is C37H45N3O2. The number of rotatable bonds is 12. The van der Waals surface area contributed by atoms with E-state index < -0.39 is 12.1 Å². The molecule has 1 aliphatic rings. The zero-order valence-electron chi connectivity index (χ0n) is 25.7. The van der Waals surface area contributed by atoms with Gasteiger partial charge in [0, 0.05) is 28.1 Å². The molecule has 3 aromatic carbocycles. The number of nitrogens with one attached hydrogen (secondary N) is 2. The van der Waals surface area contributed by atoms with Crippen molar-refractivity contribution in [2.24, 2.45) is 5.92 Å². The van der Waals surface area contributed by atoms with Crippen molar-refractivity contribution in [3.05, 3.63) is 95.1 Å². The number of benzene rings is 3. The molecule has 42 heavy (non-hydrogen) atoms. The number of para-hydroxylation sites is 1. The molecule has 4 aromatic rings. The van der Waals surface area contributed by atoms with Gasteiger partial charge in [-0.25, -0.2) is 0 Å². The monoisotopic (exact) mass is 563 g/mol. The number of amides is 2. The Kier molecular flexibility index (Phi) is 9.15. The quantitative estimate of drug-likeness (QED) is 0.170. The van der Waals surface area contributed by atoms with Gasteiger partial charge in [-0.05, 0) is 49.4 Å². The number of fused-ring (bicyclic) bond motifs is 2. The van der Waals surface area contributed by atoms with E-state index in [1.165, 1.54) is 24.8 Å². The van der Waals surface area contributed by atoms with Crippen molar-refractivity contribution in [2.75, 3.05) is 0 Å². The number of aromatic amines is 1. The summed E-state index contributed by atoms with van der Waals surface area (Å²) in [7, 11) is 0. The first-order valence-electron chi connectivity index (χ1n) is 15.7. The molecule has 0 fully saturated rings. The van der Waals surface area contributed by atoms with E-state index in [1.54, 1.807) is 0 Å². The normalized spacial score (nSPS) is 16.8. The average Bonchev–Trinajstić information content (AvgIpc) is 3.51. The second-order valence-corrected chi connectivity index (χ2v) is 12.1. The molecule has 5 nitrogen and oxygen atoms in total. The number of hydrogen-bond acceptors (Lipinski definition) is 2. The largest absolute Gasteiger partial charge is 0.354 e. The molecule has 1 aromatic heterocycles. The van der Waals surface area contributed by atoms with E-state index in [4.69, 9.17) is 0 Å². The lowest BCUT2D eigenvalue weighted by Crippen LogP contribution is -2.53. The van der Waals surface area contributed by atoms with Crippen LogP contribution in [-0.4, -0.2) is 33.8 Å². The predicted molar refractivity (Wildman–Crippen MR) is 173 cm³/mol. The summed E-state index contributed by atoms with van der Waals surface area (Å²) in [6.45, 7) is 10.6. The Morgan fingerprint density at radius 2 is 1.64 bits per heavy atom. The highest BCUT2D eigenvalue weighted by Crippen LogP contribution is 2.47. The molecule has 5 rings (SSSR count). The van der Waals surface area contributed by atoms with E-state index in [-0.39, 0.29) is 23.8 Å². The van der Waals surface area contributed by atoms with Gasteiger partial charge in [-0.15, -0.1) is 0 Å². The molecule has 0 aliphatic carbocycles. The van der Waals surface area contributed by atoms with Gasteiger partial charge in [0.1, 0.15) is 6.04 Å². The lowest BCUT2D eigenvalue weighted by atomic mass is 9.90. The molecule has 2 heterocycles. The zero-order chi connectivity index (χ0) is 29.8. The summed E-state index contributed by atoms with van der Waals surface area (Å²) in [4.78, 5) is 34.1. The van der Waals surface area contributed by atoms with Crippen molar-refractivity contribution in [2.45, 2.75) is 91.3 Å². The predicted octanol–water partition coefficient (Wildman–Crippen LogP) is 8.58. The molecule has 0 spiro atoms. The first kappa shape index (κ1) is 29.6. The third-order valence-electron chi connectivity index (χ3n) is 8.99. The maximum atomic E-state index is 14.4. The third-order valence-corrected chi connectivity index (χ3v) is 8.99. The van der Waals surface area contributed by atoms with Crippen LogP contribution in [0.2, 0.25) is 0 Å². The smallest absolute Gasteiger partial charge is 0.255 e. The van der Waals surface area contributed by atoms with Crippen molar-refractivity contribution in [3.63, 3.8) is 0 Å². The molecule has 1 aliphatic heterocycles.